The highest BCUT2D eigenvalue weighted by atomic mass is 19.1. The number of hydrogen-bond acceptors (Lipinski definition) is 2. The van der Waals surface area contributed by atoms with E-state index in [9.17, 15) is 9.65 Å². The van der Waals surface area contributed by atoms with Gasteiger partial charge in [-0.1, -0.05) is 0 Å². The summed E-state index contributed by atoms with van der Waals surface area (Å²) in [4.78, 5) is 0. The second-order valence-electron chi connectivity index (χ2n) is 5.87. The predicted octanol–water partition coefficient (Wildman–Crippen LogP) is 4.40. The van der Waals surface area contributed by atoms with Crippen molar-refractivity contribution in [2.75, 3.05) is 0 Å². The molecule has 0 amide bonds. The van der Waals surface area contributed by atoms with E-state index in [1.54, 1.807) is 0 Å². The third kappa shape index (κ3) is 1.99. The molecule has 0 aliphatic heterocycles. The number of rotatable bonds is 1. The van der Waals surface area contributed by atoms with Crippen LogP contribution in [0, 0.1) is 24.1 Å². The van der Waals surface area contributed by atoms with Crippen molar-refractivity contribution >= 4 is 21.9 Å². The van der Waals surface area contributed by atoms with E-state index in [0.717, 1.165) is 22.2 Å². The van der Waals surface area contributed by atoms with Gasteiger partial charge in [-0.25, -0.2) is 8.96 Å². The van der Waals surface area contributed by atoms with Crippen LogP contribution < -0.4 is 4.57 Å². The fourth-order valence-electron chi connectivity index (χ4n) is 3.17. The minimum Gasteiger partial charge on any atom is -0.453 e. The average Bonchev–Trinajstić information content (AvgIpc) is 2.94. The third-order valence-corrected chi connectivity index (χ3v) is 4.37. The molecule has 0 radical (unpaired) electrons. The van der Waals surface area contributed by atoms with Crippen LogP contribution in [-0.4, -0.2) is 0 Å². The Kier molecular flexibility index (Phi) is 3.10. The lowest BCUT2D eigenvalue weighted by Crippen LogP contribution is -2.30. The summed E-state index contributed by atoms with van der Waals surface area (Å²) in [6.07, 6.45) is 1.98. The summed E-state index contributed by atoms with van der Waals surface area (Å²) in [5.74, 6) is -0.454. The fraction of sp³-hybridized carbons (Fsp3) is 0.100. The molecule has 0 spiro atoms. The van der Waals surface area contributed by atoms with Crippen LogP contribution in [0.1, 0.15) is 11.1 Å². The van der Waals surface area contributed by atoms with E-state index in [-0.39, 0.29) is 5.58 Å². The Morgan fingerprint density at radius 2 is 2.00 bits per heavy atom. The summed E-state index contributed by atoms with van der Waals surface area (Å²) in [7, 11) is 1.98. The largest absolute Gasteiger partial charge is 0.453 e. The number of furan rings is 1. The van der Waals surface area contributed by atoms with E-state index in [2.05, 4.69) is 6.07 Å². The van der Waals surface area contributed by atoms with Gasteiger partial charge in [-0.15, -0.1) is 0 Å². The highest BCUT2D eigenvalue weighted by Gasteiger charge is 2.19. The minimum absolute atomic E-state index is 0.137. The van der Waals surface area contributed by atoms with Gasteiger partial charge in [-0.3, -0.25) is 0 Å². The summed E-state index contributed by atoms with van der Waals surface area (Å²) in [6.45, 7) is 2.00. The Hall–Kier alpha value is -3.19. The van der Waals surface area contributed by atoms with Crippen molar-refractivity contribution < 1.29 is 13.4 Å². The Morgan fingerprint density at radius 1 is 1.17 bits per heavy atom. The van der Waals surface area contributed by atoms with Gasteiger partial charge in [-0.05, 0) is 42.8 Å². The third-order valence-electron chi connectivity index (χ3n) is 4.37. The molecule has 2 heterocycles. The number of pyridine rings is 1. The number of nitriles is 1. The topological polar surface area (TPSA) is 40.8 Å². The summed E-state index contributed by atoms with van der Waals surface area (Å²) >= 11 is 0. The van der Waals surface area contributed by atoms with Crippen molar-refractivity contribution in [1.82, 2.24) is 0 Å². The molecule has 0 fully saturated rings. The van der Waals surface area contributed by atoms with Crippen molar-refractivity contribution in [2.45, 2.75) is 6.92 Å². The molecule has 0 aliphatic carbocycles. The molecular formula is C20H14FN2O+. The molecule has 0 aliphatic rings. The molecule has 3 nitrogen and oxygen atoms in total. The lowest BCUT2D eigenvalue weighted by atomic mass is 9.99. The highest BCUT2D eigenvalue weighted by Crippen LogP contribution is 2.36. The lowest BCUT2D eigenvalue weighted by Gasteiger charge is -2.04. The molecule has 116 valence electrons. The first-order valence-corrected chi connectivity index (χ1v) is 7.60. The zero-order chi connectivity index (χ0) is 16.8. The van der Waals surface area contributed by atoms with Crippen LogP contribution in [0.4, 0.5) is 4.39 Å². The van der Waals surface area contributed by atoms with Crippen LogP contribution >= 0.6 is 0 Å². The monoisotopic (exact) mass is 317 g/mol. The number of benzene rings is 2. The number of hydrogen-bond donors (Lipinski definition) is 0. The Balaban J connectivity index is 2.15. The molecule has 0 saturated carbocycles. The van der Waals surface area contributed by atoms with E-state index in [1.807, 2.05) is 55.1 Å². The number of aryl methyl sites for hydroxylation is 2. The molecule has 0 unspecified atom stereocenters. The molecule has 0 N–H and O–H groups in total. The zero-order valence-corrected chi connectivity index (χ0v) is 13.3. The van der Waals surface area contributed by atoms with Gasteiger partial charge in [0, 0.05) is 28.5 Å². The molecule has 4 aromatic rings. The van der Waals surface area contributed by atoms with Crippen LogP contribution in [-0.2, 0) is 7.05 Å². The van der Waals surface area contributed by atoms with Gasteiger partial charge < -0.3 is 4.42 Å². The number of fused-ring (bicyclic) bond motifs is 3. The maximum Gasteiger partial charge on any atom is 0.212 e. The summed E-state index contributed by atoms with van der Waals surface area (Å²) in [5.41, 5.74) is 4.24. The van der Waals surface area contributed by atoms with Crippen LogP contribution in [0.5, 0.6) is 0 Å². The Morgan fingerprint density at radius 3 is 2.75 bits per heavy atom. The molecule has 0 saturated heterocycles. The SMILES string of the molecule is Cc1cc2oc3c(F)ccc(C#N)c3c2cc1-c1cccc[n+]1C. The van der Waals surface area contributed by atoms with Crippen molar-refractivity contribution in [1.29, 1.82) is 5.26 Å². The van der Waals surface area contributed by atoms with Crippen molar-refractivity contribution in [3.8, 4) is 17.3 Å². The Labute approximate surface area is 138 Å². The van der Waals surface area contributed by atoms with E-state index < -0.39 is 5.82 Å². The zero-order valence-electron chi connectivity index (χ0n) is 13.3. The predicted molar refractivity (Wildman–Crippen MR) is 89.7 cm³/mol. The van der Waals surface area contributed by atoms with Crippen LogP contribution in [0.25, 0.3) is 33.2 Å². The number of halogens is 1. The first kappa shape index (κ1) is 14.4. The maximum atomic E-state index is 14.1. The summed E-state index contributed by atoms with van der Waals surface area (Å²) in [6, 6.07) is 14.7. The Bertz CT molecular complexity index is 1150. The molecule has 24 heavy (non-hydrogen) atoms. The van der Waals surface area contributed by atoms with Gasteiger partial charge in [0.15, 0.2) is 17.6 Å². The minimum atomic E-state index is -0.454. The first-order chi connectivity index (χ1) is 11.6. The fourth-order valence-corrected chi connectivity index (χ4v) is 3.17. The molecule has 4 heteroatoms. The lowest BCUT2D eigenvalue weighted by molar-refractivity contribution is -0.660. The quantitative estimate of drug-likeness (QED) is 0.488. The van der Waals surface area contributed by atoms with E-state index in [0.29, 0.717) is 16.5 Å². The van der Waals surface area contributed by atoms with E-state index in [1.165, 1.54) is 12.1 Å². The van der Waals surface area contributed by atoms with Gasteiger partial charge in [0.25, 0.3) is 0 Å². The van der Waals surface area contributed by atoms with Gasteiger partial charge in [0.05, 0.1) is 11.6 Å². The summed E-state index contributed by atoms with van der Waals surface area (Å²) < 4.78 is 21.8. The molecule has 4 rings (SSSR count). The van der Waals surface area contributed by atoms with Crippen molar-refractivity contribution in [3.63, 3.8) is 0 Å². The molecule has 2 aromatic heterocycles. The van der Waals surface area contributed by atoms with E-state index >= 15 is 0 Å². The molecular weight excluding hydrogens is 303 g/mol. The molecule has 0 atom stereocenters. The van der Waals surface area contributed by atoms with Gasteiger partial charge in [-0.2, -0.15) is 5.26 Å². The standard InChI is InChI=1S/C20H14FN2O/c1-12-9-18-15(10-14(12)17-5-3-4-8-23(17)2)19-13(11-22)6-7-16(21)20(19)24-18/h3-10H,1-2H3/q+1. The van der Waals surface area contributed by atoms with Gasteiger partial charge in [0.1, 0.15) is 12.6 Å². The smallest absolute Gasteiger partial charge is 0.212 e. The first-order valence-electron chi connectivity index (χ1n) is 7.60. The molecule has 0 bridgehead atoms. The van der Waals surface area contributed by atoms with E-state index in [4.69, 9.17) is 4.42 Å². The normalized spacial score (nSPS) is 11.1. The second kappa shape index (κ2) is 5.17. The second-order valence-corrected chi connectivity index (χ2v) is 5.87. The number of nitrogens with zero attached hydrogens (tertiary/aromatic N) is 2. The highest BCUT2D eigenvalue weighted by molar-refractivity contribution is 6.09. The van der Waals surface area contributed by atoms with Crippen molar-refractivity contribution in [2.24, 2.45) is 7.05 Å². The van der Waals surface area contributed by atoms with Gasteiger partial charge >= 0.3 is 0 Å². The van der Waals surface area contributed by atoms with Crippen LogP contribution in [0.2, 0.25) is 0 Å². The summed E-state index contributed by atoms with van der Waals surface area (Å²) in [5, 5.41) is 10.7. The van der Waals surface area contributed by atoms with Crippen LogP contribution in [0.15, 0.2) is 53.1 Å². The average molecular weight is 317 g/mol. The van der Waals surface area contributed by atoms with Crippen molar-refractivity contribution in [3.05, 3.63) is 65.6 Å². The maximum absolute atomic E-state index is 14.1. The van der Waals surface area contributed by atoms with Gasteiger partial charge in [0.2, 0.25) is 5.69 Å². The molecule has 2 aromatic carbocycles. The van der Waals surface area contributed by atoms with Crippen LogP contribution in [0.3, 0.4) is 0 Å². The number of aromatic nitrogens is 1.